The van der Waals surface area contributed by atoms with Crippen LogP contribution in [0.1, 0.15) is 49.7 Å². The third-order valence-corrected chi connectivity index (χ3v) is 14.0. The molecule has 6 amide bonds. The second-order valence-electron chi connectivity index (χ2n) is 19.2. The lowest BCUT2D eigenvalue weighted by Gasteiger charge is -2.28. The number of urea groups is 1. The monoisotopic (exact) mass is 1310 g/mol. The molecule has 2 atom stereocenters. The Balaban J connectivity index is 0.000000375. The molecule has 0 aliphatic carbocycles. The zero-order chi connectivity index (χ0) is 62.8. The Bertz CT molecular complexity index is 3660. The molecule has 472 valence electrons. The summed E-state index contributed by atoms with van der Waals surface area (Å²) in [6.07, 6.45) is 5.24. The zero-order valence-electron chi connectivity index (χ0n) is 48.1. The van der Waals surface area contributed by atoms with Crippen molar-refractivity contribution >= 4 is 125 Å². The average Bonchev–Trinajstić information content (AvgIpc) is 3.67. The van der Waals surface area contributed by atoms with Gasteiger partial charge < -0.3 is 35.5 Å². The number of nitrogens with zero attached hydrogens (tertiary/aromatic N) is 7. The van der Waals surface area contributed by atoms with Gasteiger partial charge in [-0.3, -0.25) is 30.5 Å². The number of ether oxygens (including phenoxy) is 3. The number of fused-ring (bicyclic) bond motifs is 2. The van der Waals surface area contributed by atoms with E-state index in [1.807, 2.05) is 6.07 Å². The van der Waals surface area contributed by atoms with Crippen LogP contribution in [0.25, 0.3) is 21.5 Å². The molecule has 0 unspecified atom stereocenters. The lowest BCUT2D eigenvalue weighted by atomic mass is 10.1. The Morgan fingerprint density at radius 3 is 1.54 bits per heavy atom. The number of rotatable bonds is 23. The fraction of sp³-hybridized carbons (Fsp3) is 0.267. The van der Waals surface area contributed by atoms with Crippen LogP contribution in [0.15, 0.2) is 138 Å². The number of halogens is 6. The van der Waals surface area contributed by atoms with E-state index in [2.05, 4.69) is 41.2 Å². The van der Waals surface area contributed by atoms with Crippen molar-refractivity contribution in [3.63, 3.8) is 0 Å². The number of amides is 6. The van der Waals surface area contributed by atoms with Crippen LogP contribution in [0, 0.1) is 34.7 Å². The summed E-state index contributed by atoms with van der Waals surface area (Å²) in [7, 11) is 3.15. The minimum absolute atomic E-state index is 0. The number of hydrogen-bond acceptors (Lipinski definition) is 13. The van der Waals surface area contributed by atoms with Gasteiger partial charge in [0.2, 0.25) is 11.8 Å². The van der Waals surface area contributed by atoms with Gasteiger partial charge in [-0.1, -0.05) is 65.7 Å². The van der Waals surface area contributed by atoms with Crippen molar-refractivity contribution in [3.8, 4) is 11.9 Å². The second kappa shape index (κ2) is 36.9. The van der Waals surface area contributed by atoms with Crippen LogP contribution in [0.5, 0.6) is 5.75 Å². The molecule has 0 bridgehead atoms. The van der Waals surface area contributed by atoms with Gasteiger partial charge in [0.25, 0.3) is 0 Å². The molecular formula is C60H65Cl2F4N13O8S2. The van der Waals surface area contributed by atoms with Crippen molar-refractivity contribution in [2.75, 3.05) is 51.0 Å². The Morgan fingerprint density at radius 1 is 0.629 bits per heavy atom. The number of guanidine groups is 1. The zero-order valence-corrected chi connectivity index (χ0v) is 51.6. The molecular weight excluding hydrogens is 1240 g/mol. The van der Waals surface area contributed by atoms with E-state index >= 15 is 0 Å². The van der Waals surface area contributed by atoms with Gasteiger partial charge in [-0.25, -0.2) is 52.2 Å². The highest BCUT2D eigenvalue weighted by Crippen LogP contribution is 2.25. The van der Waals surface area contributed by atoms with E-state index in [1.165, 1.54) is 82.9 Å². The predicted molar refractivity (Wildman–Crippen MR) is 342 cm³/mol. The van der Waals surface area contributed by atoms with Gasteiger partial charge in [-0.2, -0.15) is 32.3 Å². The maximum atomic E-state index is 13.9. The second-order valence-corrected chi connectivity index (χ2v) is 19.9. The van der Waals surface area contributed by atoms with Gasteiger partial charge in [-0.15, -0.1) is 0 Å². The highest BCUT2D eigenvalue weighted by molar-refractivity contribution is 7.59. The van der Waals surface area contributed by atoms with E-state index < -0.39 is 53.6 Å². The maximum Gasteiger partial charge on any atom is 0.412 e. The quantitative estimate of drug-likeness (QED) is 0.00868. The number of carbonyl (C=O) groups excluding carboxylic acids is 5. The number of benzene rings is 5. The van der Waals surface area contributed by atoms with E-state index in [9.17, 15) is 41.5 Å². The van der Waals surface area contributed by atoms with Crippen molar-refractivity contribution in [1.82, 2.24) is 30.4 Å². The lowest BCUT2D eigenvalue weighted by molar-refractivity contribution is -0.133. The van der Waals surface area contributed by atoms with E-state index in [-0.39, 0.29) is 124 Å². The van der Waals surface area contributed by atoms with Gasteiger partial charge >= 0.3 is 24.2 Å². The smallest absolute Gasteiger partial charge is 0.412 e. The van der Waals surface area contributed by atoms with Crippen LogP contribution in [-0.2, 0) is 31.9 Å². The molecule has 5 aromatic carbocycles. The number of carbonyl (C=O) groups is 5. The molecule has 21 nitrogen and oxygen atoms in total. The number of aryl methyl sites for hydroxylation is 2. The number of likely N-dealkylation sites (N-methyl/N-ethyl adjacent to an activating group) is 2. The molecule has 7 aromatic rings. The summed E-state index contributed by atoms with van der Waals surface area (Å²) < 4.78 is 71.3. The number of hydrogen-bond donors (Lipinski definition) is 6. The molecule has 2 heterocycles. The predicted octanol–water partition coefficient (Wildman–Crippen LogP) is 10.6. The summed E-state index contributed by atoms with van der Waals surface area (Å²) in [4.78, 5) is 81.7. The van der Waals surface area contributed by atoms with Crippen molar-refractivity contribution in [2.24, 2.45) is 21.5 Å². The van der Waals surface area contributed by atoms with Crippen LogP contribution in [-0.4, -0.2) is 114 Å². The van der Waals surface area contributed by atoms with E-state index in [4.69, 9.17) is 54.1 Å². The van der Waals surface area contributed by atoms with Crippen LogP contribution in [0.4, 0.5) is 43.6 Å². The fourth-order valence-electron chi connectivity index (χ4n) is 8.43. The highest BCUT2D eigenvalue weighted by Gasteiger charge is 2.24. The summed E-state index contributed by atoms with van der Waals surface area (Å²) in [6, 6.07) is 27.1. The fourth-order valence-corrected chi connectivity index (χ4v) is 8.88. The number of nitriles is 1. The molecule has 0 saturated heterocycles. The number of nitrogens with one attached hydrogen (secondary N) is 4. The summed E-state index contributed by atoms with van der Waals surface area (Å²) in [5.41, 5.74) is 11.6. The number of pyridine rings is 2. The maximum absolute atomic E-state index is 13.9. The van der Waals surface area contributed by atoms with Crippen LogP contribution in [0.3, 0.4) is 0 Å². The average molecular weight is 1310 g/mol. The van der Waals surface area contributed by atoms with Crippen LogP contribution >= 0.6 is 50.2 Å². The number of aromatic nitrogens is 2. The largest absolute Gasteiger partial charge is 0.447 e. The minimum atomic E-state index is -0.849. The van der Waals surface area contributed by atoms with E-state index in [0.29, 0.717) is 64.1 Å². The molecule has 8 N–H and O–H groups in total. The summed E-state index contributed by atoms with van der Waals surface area (Å²) in [5, 5.41) is 21.1. The van der Waals surface area contributed by atoms with E-state index in [0.717, 1.165) is 0 Å². The molecule has 29 heteroatoms. The first-order valence-electron chi connectivity index (χ1n) is 26.9. The molecule has 7 rings (SSSR count). The first-order chi connectivity index (χ1) is 41.8. The Kier molecular flexibility index (Phi) is 30.0. The van der Waals surface area contributed by atoms with Crippen molar-refractivity contribution < 1.29 is 55.7 Å². The van der Waals surface area contributed by atoms with Gasteiger partial charge in [-0.05, 0) is 133 Å². The Hall–Kier alpha value is -9.10. The number of anilines is 2. The van der Waals surface area contributed by atoms with Crippen molar-refractivity contribution in [2.45, 2.75) is 63.5 Å². The SMILES string of the molecule is CN(C(=O)CCc1cccc(F)c1Cl)[C@@H](CCCN=C(N)NC(N)=O)COC(=O)Nc1cc2cc(F)ccc2cn1.CN(C(=O)CCc1cccc(F)c1Cl)[C@@H](CCCN=C(NC#N)Oc1ccccc1)COC(=O)Nc1cc2cc(F)ccc2cn1.S.S. The number of amidine groups is 1. The lowest BCUT2D eigenvalue weighted by Crippen LogP contribution is -2.41. The number of nitrogens with two attached hydrogens (primary N) is 2. The van der Waals surface area contributed by atoms with Crippen molar-refractivity contribution in [3.05, 3.63) is 172 Å². The summed E-state index contributed by atoms with van der Waals surface area (Å²) in [6.45, 7) is 0.103. The van der Waals surface area contributed by atoms with Crippen molar-refractivity contribution in [1.29, 1.82) is 5.26 Å². The first kappa shape index (κ1) is 72.4. The number of aliphatic imine (C=N–C) groups is 2. The standard InChI is InChI=1S/C33H31ClF2N6O4.C27H30ClF2N7O4.2H2S/c1-42(30(43)15-13-22-7-5-11-28(36)31(22)34)26(8-6-16-38-32(40-21-37)46-27-9-3-2-4-10-27)20-45-33(44)41-29-18-24-17-25(35)14-12-23(24)19-39-29;1-37(23(38)10-8-16-4-2-6-21(30)24(16)28)20(5-3-11-33-25(31)36-26(32)39)15-41-27(40)35-22-13-18-12-19(29)9-7-17(18)14-34-22;;/h2-5,7,9-12,14,17-19,26H,6,8,13,15-16,20H2,1H3,(H,38,40)(H,39,41,44);2,4,6-7,9,12-14,20H,3,5,8,10-11,15H2,1H3,(H,34,35,40)(H5,31,32,33,36,39);2*1H2/t26-;20-;;/m00../s1. The molecule has 0 aliphatic rings. The molecule has 0 saturated carbocycles. The first-order valence-corrected chi connectivity index (χ1v) is 27.7. The van der Waals surface area contributed by atoms with Gasteiger partial charge in [0.15, 0.2) is 12.2 Å². The molecule has 2 aromatic heterocycles. The van der Waals surface area contributed by atoms with Crippen LogP contribution in [0.2, 0.25) is 10.0 Å². The molecule has 0 radical (unpaired) electrons. The normalized spacial score (nSPS) is 11.6. The Morgan fingerprint density at radius 2 is 1.09 bits per heavy atom. The summed E-state index contributed by atoms with van der Waals surface area (Å²) >= 11 is 12.1. The topological polar surface area (TPSA) is 294 Å². The van der Waals surface area contributed by atoms with E-state index in [1.54, 1.807) is 68.8 Å². The molecule has 0 aliphatic heterocycles. The van der Waals surface area contributed by atoms with Crippen LogP contribution < -0.4 is 37.5 Å². The Labute approximate surface area is 534 Å². The molecule has 89 heavy (non-hydrogen) atoms. The number of para-hydroxylation sites is 1. The van der Waals surface area contributed by atoms with Gasteiger partial charge in [0, 0.05) is 63.2 Å². The number of primary amides is 1. The van der Waals surface area contributed by atoms with Gasteiger partial charge in [0.05, 0.1) is 22.1 Å². The van der Waals surface area contributed by atoms with Gasteiger partial charge in [0.1, 0.15) is 53.9 Å². The molecule has 0 spiro atoms. The third kappa shape index (κ3) is 23.8. The molecule has 0 fully saturated rings. The highest BCUT2D eigenvalue weighted by atomic mass is 35.5. The minimum Gasteiger partial charge on any atom is -0.447 e. The summed E-state index contributed by atoms with van der Waals surface area (Å²) in [5.74, 6) is -1.86. The third-order valence-electron chi connectivity index (χ3n) is 13.1.